The molecule has 1 fully saturated rings. The smallest absolute Gasteiger partial charge is 0.263 e. The van der Waals surface area contributed by atoms with Crippen molar-refractivity contribution in [3.8, 4) is 17.3 Å². The minimum atomic E-state index is -0.645. The van der Waals surface area contributed by atoms with Crippen molar-refractivity contribution in [1.29, 1.82) is 0 Å². The van der Waals surface area contributed by atoms with E-state index in [0.29, 0.717) is 36.9 Å². The second kappa shape index (κ2) is 9.79. The van der Waals surface area contributed by atoms with E-state index in [1.165, 1.54) is 6.07 Å². The second-order valence-corrected chi connectivity index (χ2v) is 10.3. The van der Waals surface area contributed by atoms with E-state index >= 15 is 0 Å². The van der Waals surface area contributed by atoms with Crippen LogP contribution in [0.3, 0.4) is 0 Å². The van der Waals surface area contributed by atoms with Gasteiger partial charge in [-0.15, -0.1) is 10.2 Å². The molecule has 0 saturated carbocycles. The molecular weight excluding hydrogens is 511 g/mol. The number of carbonyl (C=O) groups is 1. The summed E-state index contributed by atoms with van der Waals surface area (Å²) in [7, 11) is 0. The zero-order chi connectivity index (χ0) is 26.3. The molecule has 37 heavy (non-hydrogen) atoms. The molecule has 0 spiro atoms. The number of thioether (sulfide) groups is 1. The van der Waals surface area contributed by atoms with Gasteiger partial charge in [-0.25, -0.2) is 4.39 Å². The number of alkyl halides is 1. The highest BCUT2D eigenvalue weighted by Gasteiger charge is 2.22. The van der Waals surface area contributed by atoms with Crippen molar-refractivity contribution in [3.63, 3.8) is 0 Å². The van der Waals surface area contributed by atoms with Crippen molar-refractivity contribution in [2.45, 2.75) is 20.5 Å². The van der Waals surface area contributed by atoms with Crippen LogP contribution in [0.15, 0.2) is 69.7 Å². The van der Waals surface area contributed by atoms with E-state index in [9.17, 15) is 19.4 Å². The minimum Gasteiger partial charge on any atom is -0.506 e. The Morgan fingerprint density at radius 1 is 1.05 bits per heavy atom. The predicted octanol–water partition coefficient (Wildman–Crippen LogP) is 7.03. The van der Waals surface area contributed by atoms with Crippen LogP contribution in [0.25, 0.3) is 22.7 Å². The fraction of sp³-hybridized carbons (Fsp3) is 0.111. The van der Waals surface area contributed by atoms with E-state index in [2.05, 4.69) is 15.5 Å². The molecule has 7 nitrogen and oxygen atoms in total. The summed E-state index contributed by atoms with van der Waals surface area (Å²) in [4.78, 5) is 12.3. The lowest BCUT2D eigenvalue weighted by atomic mass is 10.1. The third kappa shape index (κ3) is 4.73. The SMILES string of the molecule is Cc1ccc(-n2c(O)c(N=Nc3ccc(/C=C4\SC(=S)NC4=O)cc3O)c3ccc(CF)cc32)cc1C. The molecule has 1 aliphatic heterocycles. The first kappa shape index (κ1) is 24.7. The largest absolute Gasteiger partial charge is 0.506 e. The molecule has 186 valence electrons. The van der Waals surface area contributed by atoms with Gasteiger partial charge in [-0.2, -0.15) is 0 Å². The lowest BCUT2D eigenvalue weighted by molar-refractivity contribution is -0.115. The van der Waals surface area contributed by atoms with Gasteiger partial charge in [0.2, 0.25) is 5.88 Å². The van der Waals surface area contributed by atoms with Crippen LogP contribution in [0.1, 0.15) is 22.3 Å². The Balaban J connectivity index is 1.55. The number of rotatable bonds is 5. The van der Waals surface area contributed by atoms with Gasteiger partial charge in [0.1, 0.15) is 22.4 Å². The van der Waals surface area contributed by atoms with Gasteiger partial charge in [-0.1, -0.05) is 48.2 Å². The number of aromatic hydroxyl groups is 2. The molecule has 1 aromatic heterocycles. The highest BCUT2D eigenvalue weighted by atomic mass is 32.2. The van der Waals surface area contributed by atoms with E-state index < -0.39 is 6.67 Å². The summed E-state index contributed by atoms with van der Waals surface area (Å²) in [6.45, 7) is 3.33. The van der Waals surface area contributed by atoms with Crippen molar-refractivity contribution in [3.05, 3.63) is 81.8 Å². The number of nitrogens with one attached hydrogen (secondary N) is 1. The number of aromatic nitrogens is 1. The van der Waals surface area contributed by atoms with Crippen LogP contribution >= 0.6 is 24.0 Å². The van der Waals surface area contributed by atoms with Gasteiger partial charge < -0.3 is 15.5 Å². The van der Waals surface area contributed by atoms with Gasteiger partial charge in [-0.3, -0.25) is 9.36 Å². The standard InChI is InChI=1S/C27H21FN4O3S2/c1-14-3-6-18(9-15(14)2)32-21-10-17(13-28)4-7-19(21)24(26(32)35)31-30-20-8-5-16(11-22(20)33)12-23-25(34)29-27(36)37-23/h3-12,33,35H,13H2,1-2H3,(H,29,34,36)/b23-12-,31-30?. The summed E-state index contributed by atoms with van der Waals surface area (Å²) in [5, 5.41) is 33.3. The van der Waals surface area contributed by atoms with Gasteiger partial charge in [-0.05, 0) is 72.5 Å². The number of azo groups is 1. The topological polar surface area (TPSA) is 99.2 Å². The number of halogens is 1. The molecule has 4 aromatic rings. The number of hydrogen-bond acceptors (Lipinski definition) is 7. The van der Waals surface area contributed by atoms with Crippen molar-refractivity contribution < 1.29 is 19.4 Å². The summed E-state index contributed by atoms with van der Waals surface area (Å²) in [5.41, 5.74) is 4.86. The fourth-order valence-corrected chi connectivity index (χ4v) is 5.05. The van der Waals surface area contributed by atoms with E-state index in [-0.39, 0.29) is 28.9 Å². The molecule has 1 amide bonds. The molecule has 1 saturated heterocycles. The molecule has 3 N–H and O–H groups in total. The average molecular weight is 533 g/mol. The number of phenolic OH excluding ortho intramolecular Hbond substituents is 1. The lowest BCUT2D eigenvalue weighted by Gasteiger charge is -2.10. The third-order valence-electron chi connectivity index (χ3n) is 6.08. The number of hydrogen-bond donors (Lipinski definition) is 3. The summed E-state index contributed by atoms with van der Waals surface area (Å²) >= 11 is 6.14. The lowest BCUT2D eigenvalue weighted by Crippen LogP contribution is -2.17. The Bertz CT molecular complexity index is 1660. The Kier molecular flexibility index (Phi) is 6.53. The van der Waals surface area contributed by atoms with Gasteiger partial charge in [0.05, 0.1) is 10.4 Å². The predicted molar refractivity (Wildman–Crippen MR) is 148 cm³/mol. The van der Waals surface area contributed by atoms with Crippen LogP contribution in [-0.4, -0.2) is 25.0 Å². The van der Waals surface area contributed by atoms with Crippen LogP contribution in [0.5, 0.6) is 11.6 Å². The van der Waals surface area contributed by atoms with Crippen LogP contribution in [-0.2, 0) is 11.5 Å². The molecule has 0 atom stereocenters. The van der Waals surface area contributed by atoms with Gasteiger partial charge >= 0.3 is 0 Å². The third-order valence-corrected chi connectivity index (χ3v) is 7.24. The van der Waals surface area contributed by atoms with E-state index in [4.69, 9.17) is 12.2 Å². The van der Waals surface area contributed by atoms with Gasteiger partial charge in [0.25, 0.3) is 5.91 Å². The number of amides is 1. The van der Waals surface area contributed by atoms with Crippen molar-refractivity contribution in [2.24, 2.45) is 10.2 Å². The van der Waals surface area contributed by atoms with E-state index in [0.717, 1.165) is 22.9 Å². The number of aryl methyl sites for hydroxylation is 2. The van der Waals surface area contributed by atoms with Crippen LogP contribution in [0.4, 0.5) is 15.8 Å². The van der Waals surface area contributed by atoms with E-state index in [1.54, 1.807) is 41.0 Å². The quantitative estimate of drug-likeness (QED) is 0.146. The van der Waals surface area contributed by atoms with Crippen molar-refractivity contribution >= 4 is 62.6 Å². The zero-order valence-electron chi connectivity index (χ0n) is 19.8. The Labute approximate surface area is 221 Å². The Morgan fingerprint density at radius 2 is 1.86 bits per heavy atom. The molecule has 0 radical (unpaired) electrons. The molecule has 0 aliphatic carbocycles. The van der Waals surface area contributed by atoms with Crippen LogP contribution in [0.2, 0.25) is 0 Å². The molecule has 3 aromatic carbocycles. The molecule has 1 aliphatic rings. The first-order valence-electron chi connectivity index (χ1n) is 11.2. The number of nitrogens with zero attached hydrogens (tertiary/aromatic N) is 3. The summed E-state index contributed by atoms with van der Waals surface area (Å²) in [6.07, 6.45) is 1.62. The average Bonchev–Trinajstić information content (AvgIpc) is 3.33. The monoisotopic (exact) mass is 532 g/mol. The number of phenols is 1. The molecule has 2 heterocycles. The maximum Gasteiger partial charge on any atom is 0.263 e. The van der Waals surface area contributed by atoms with Gasteiger partial charge in [0, 0.05) is 11.1 Å². The summed E-state index contributed by atoms with van der Waals surface area (Å²) < 4.78 is 15.4. The normalized spacial score (nSPS) is 14.8. The molecule has 0 unspecified atom stereocenters. The molecule has 0 bridgehead atoms. The number of benzene rings is 3. The zero-order valence-corrected chi connectivity index (χ0v) is 21.5. The maximum atomic E-state index is 13.5. The minimum absolute atomic E-state index is 0.152. The highest BCUT2D eigenvalue weighted by Crippen LogP contribution is 2.43. The Morgan fingerprint density at radius 3 is 2.54 bits per heavy atom. The van der Waals surface area contributed by atoms with E-state index in [1.807, 2.05) is 32.0 Å². The second-order valence-electron chi connectivity index (χ2n) is 8.56. The number of carbonyl (C=O) groups excluding carboxylic acids is 1. The number of thiocarbonyl (C=S) groups is 1. The summed E-state index contributed by atoms with van der Waals surface area (Å²) in [5.74, 6) is -0.593. The van der Waals surface area contributed by atoms with Crippen LogP contribution < -0.4 is 5.32 Å². The van der Waals surface area contributed by atoms with Gasteiger partial charge in [0.15, 0.2) is 5.69 Å². The fourth-order valence-electron chi connectivity index (χ4n) is 4.00. The summed E-state index contributed by atoms with van der Waals surface area (Å²) in [6, 6.07) is 15.5. The molecule has 5 rings (SSSR count). The van der Waals surface area contributed by atoms with Crippen LogP contribution in [0, 0.1) is 13.8 Å². The van der Waals surface area contributed by atoms with Crippen molar-refractivity contribution in [2.75, 3.05) is 0 Å². The van der Waals surface area contributed by atoms with Crippen molar-refractivity contribution in [1.82, 2.24) is 9.88 Å². The highest BCUT2D eigenvalue weighted by molar-refractivity contribution is 8.26. The molecule has 10 heteroatoms. The number of fused-ring (bicyclic) bond motifs is 1. The maximum absolute atomic E-state index is 13.5. The molecular formula is C27H21FN4O3S2. The first-order valence-corrected chi connectivity index (χ1v) is 12.5. The Hall–Kier alpha value is -4.02. The first-order chi connectivity index (χ1) is 17.7.